The fraction of sp³-hybridized carbons (Fsp3) is 0.519. The van der Waals surface area contributed by atoms with Crippen molar-refractivity contribution in [1.29, 1.82) is 0 Å². The summed E-state index contributed by atoms with van der Waals surface area (Å²) in [5.41, 5.74) is 8.04. The number of nitrogens with zero attached hydrogens (tertiary/aromatic N) is 8. The van der Waals surface area contributed by atoms with Crippen LogP contribution in [0.25, 0.3) is 15.4 Å². The molecular formula is C54H68ClN11O5S2. The second-order valence-corrected chi connectivity index (χ2v) is 23.9. The van der Waals surface area contributed by atoms with E-state index in [0.717, 1.165) is 107 Å². The van der Waals surface area contributed by atoms with Crippen molar-refractivity contribution in [3.63, 3.8) is 0 Å². The molecule has 1 unspecified atom stereocenters. The van der Waals surface area contributed by atoms with Crippen LogP contribution in [0.4, 0.5) is 0 Å². The Morgan fingerprint density at radius 1 is 0.877 bits per heavy atom. The minimum absolute atomic E-state index is 0.0108. The summed E-state index contributed by atoms with van der Waals surface area (Å²) in [4.78, 5) is 73.8. The van der Waals surface area contributed by atoms with E-state index in [-0.39, 0.29) is 61.6 Å². The van der Waals surface area contributed by atoms with Crippen LogP contribution in [0.2, 0.25) is 5.02 Å². The van der Waals surface area contributed by atoms with Crippen molar-refractivity contribution in [2.75, 3.05) is 39.3 Å². The van der Waals surface area contributed by atoms with E-state index >= 15 is 0 Å². The molecule has 5 atom stereocenters. The molecule has 3 saturated heterocycles. The fourth-order valence-corrected chi connectivity index (χ4v) is 13.0. The monoisotopic (exact) mass is 1050 g/mol. The molecule has 0 aliphatic carbocycles. The highest BCUT2D eigenvalue weighted by Crippen LogP contribution is 2.40. The van der Waals surface area contributed by atoms with Gasteiger partial charge >= 0.3 is 0 Å². The molecule has 4 aliphatic heterocycles. The second-order valence-electron chi connectivity index (χ2n) is 21.4. The first-order valence-electron chi connectivity index (χ1n) is 25.5. The third-order valence-corrected chi connectivity index (χ3v) is 17.6. The average Bonchev–Trinajstić information content (AvgIpc) is 4.13. The van der Waals surface area contributed by atoms with Crippen LogP contribution in [0.15, 0.2) is 59.0 Å². The molecule has 0 spiro atoms. The summed E-state index contributed by atoms with van der Waals surface area (Å²) in [6.45, 7) is 19.1. The molecule has 16 nitrogen and oxygen atoms in total. The number of nitrogens with one attached hydrogen (secondary N) is 3. The van der Waals surface area contributed by atoms with Crippen molar-refractivity contribution < 1.29 is 24.3 Å². The van der Waals surface area contributed by atoms with Crippen molar-refractivity contribution in [2.45, 2.75) is 136 Å². The molecular weight excluding hydrogens is 982 g/mol. The van der Waals surface area contributed by atoms with E-state index in [1.807, 2.05) is 95.6 Å². The van der Waals surface area contributed by atoms with Gasteiger partial charge in [0.15, 0.2) is 5.82 Å². The fourth-order valence-electron chi connectivity index (χ4n) is 10.9. The number of aliphatic hydroxyl groups is 1. The Hall–Kier alpha value is -5.37. The van der Waals surface area contributed by atoms with E-state index in [9.17, 15) is 24.3 Å². The number of β-amino-alcohol motifs (C(OH)–C–C–N with tert-alkyl or cyclic N) is 1. The zero-order valence-electron chi connectivity index (χ0n) is 43.1. The van der Waals surface area contributed by atoms with Crippen LogP contribution in [0, 0.1) is 33.1 Å². The van der Waals surface area contributed by atoms with Gasteiger partial charge in [-0.05, 0) is 94.5 Å². The first kappa shape index (κ1) is 52.5. The third kappa shape index (κ3) is 11.5. The molecule has 0 saturated carbocycles. The zero-order chi connectivity index (χ0) is 51.9. The number of carbonyl (C=O) groups excluding carboxylic acids is 4. The molecule has 0 bridgehead atoms. The SMILES string of the molecule is Cc1ncsc1-c1ccc(C(C)NC(=O)[C@@H]2C[C@@H](O)CN2C(=O)[C@@H](NC(=O)CN2CCC(N3CCC(NC(=O)C[C@@H]4N=C(c5ccc(Cl)cc5)c5c(sc(C)c5C)-n5c(C)nnc54)CC3)CC2)C(C)(C)C)cc1. The van der Waals surface area contributed by atoms with Crippen LogP contribution in [-0.2, 0) is 19.2 Å². The maximum Gasteiger partial charge on any atom is 0.246 e. The number of carbonyl (C=O) groups is 4. The highest BCUT2D eigenvalue weighted by atomic mass is 35.5. The molecule has 2 aromatic carbocycles. The summed E-state index contributed by atoms with van der Waals surface area (Å²) in [5.74, 6) is 0.375. The molecule has 388 valence electrons. The lowest BCUT2D eigenvalue weighted by Gasteiger charge is -2.42. The summed E-state index contributed by atoms with van der Waals surface area (Å²) in [6, 6.07) is 13.5. The quantitative estimate of drug-likeness (QED) is 0.0953. The number of fused-ring (bicyclic) bond motifs is 3. The number of aliphatic imine (C=N–C) groups is 1. The number of hydrogen-bond donors (Lipinski definition) is 4. The molecule has 3 fully saturated rings. The van der Waals surface area contributed by atoms with E-state index in [1.54, 1.807) is 22.7 Å². The van der Waals surface area contributed by atoms with Crippen LogP contribution in [0.3, 0.4) is 0 Å². The standard InChI is InChI=1S/C54H68ClN11O5S2/c1-30-33(4)73-53-46(30)47(36-13-15-38(55)16-14-36)59-42(50-62-61-34(5)66(50)53)26-44(68)58-39-17-23-64(24-18-39)40-19-21-63(22-20-40)28-45(69)60-49(54(6,7)8)52(71)65-27-41(67)25-43(65)51(70)57-31(2)35-9-11-37(12-10-35)48-32(3)56-29-72-48/h9-16,29,31,39-43,49,67H,17-28H2,1-8H3,(H,57,70)(H,58,68)(H,60,69)/t31?,41-,42+,43+,49-/m1/s1. The first-order valence-corrected chi connectivity index (χ1v) is 27.6. The number of halogens is 1. The summed E-state index contributed by atoms with van der Waals surface area (Å²) in [5, 5.41) is 30.9. The van der Waals surface area contributed by atoms with Gasteiger partial charge in [0.1, 0.15) is 29.0 Å². The summed E-state index contributed by atoms with van der Waals surface area (Å²) >= 11 is 9.57. The Morgan fingerprint density at radius 3 is 2.22 bits per heavy atom. The zero-order valence-corrected chi connectivity index (χ0v) is 45.5. The molecule has 73 heavy (non-hydrogen) atoms. The normalized spacial score (nSPS) is 20.9. The minimum Gasteiger partial charge on any atom is -0.391 e. The topological polar surface area (TPSA) is 190 Å². The lowest BCUT2D eigenvalue weighted by molar-refractivity contribution is -0.144. The Morgan fingerprint density at radius 2 is 1.56 bits per heavy atom. The summed E-state index contributed by atoms with van der Waals surface area (Å²) in [7, 11) is 0. The lowest BCUT2D eigenvalue weighted by atomic mass is 9.85. The van der Waals surface area contributed by atoms with Crippen molar-refractivity contribution in [3.05, 3.63) is 104 Å². The maximum absolute atomic E-state index is 14.3. The van der Waals surface area contributed by atoms with Crippen LogP contribution in [0.1, 0.15) is 123 Å². The average molecular weight is 1050 g/mol. The van der Waals surface area contributed by atoms with Gasteiger partial charge in [-0.3, -0.25) is 33.6 Å². The number of thiophene rings is 1. The van der Waals surface area contributed by atoms with Crippen LogP contribution in [0.5, 0.6) is 0 Å². The first-order chi connectivity index (χ1) is 34.8. The van der Waals surface area contributed by atoms with E-state index in [1.165, 1.54) is 9.78 Å². The second kappa shape index (κ2) is 21.8. The predicted octanol–water partition coefficient (Wildman–Crippen LogP) is 7.04. The van der Waals surface area contributed by atoms with Gasteiger partial charge in [-0.25, -0.2) is 4.98 Å². The largest absolute Gasteiger partial charge is 0.391 e. The van der Waals surface area contributed by atoms with E-state index in [0.29, 0.717) is 16.9 Å². The predicted molar refractivity (Wildman–Crippen MR) is 286 cm³/mol. The molecule has 19 heteroatoms. The van der Waals surface area contributed by atoms with Gasteiger partial charge in [0.2, 0.25) is 23.6 Å². The number of aliphatic hydroxyl groups excluding tert-OH is 1. The van der Waals surface area contributed by atoms with Crippen LogP contribution >= 0.6 is 34.3 Å². The van der Waals surface area contributed by atoms with Crippen molar-refractivity contribution in [2.24, 2.45) is 10.4 Å². The Labute approximate surface area is 441 Å². The highest BCUT2D eigenvalue weighted by Gasteiger charge is 2.45. The molecule has 4 aliphatic rings. The van der Waals surface area contributed by atoms with Gasteiger partial charge in [0.25, 0.3) is 0 Å². The number of rotatable bonds is 13. The van der Waals surface area contributed by atoms with E-state index in [2.05, 4.69) is 59.3 Å². The van der Waals surface area contributed by atoms with Gasteiger partial charge in [-0.15, -0.1) is 32.9 Å². The highest BCUT2D eigenvalue weighted by molar-refractivity contribution is 7.15. The molecule has 9 rings (SSSR count). The third-order valence-electron chi connectivity index (χ3n) is 15.1. The molecule has 0 radical (unpaired) electrons. The maximum atomic E-state index is 14.3. The van der Waals surface area contributed by atoms with Crippen molar-refractivity contribution in [1.82, 2.24) is 50.4 Å². The number of thiazole rings is 1. The van der Waals surface area contributed by atoms with Crippen molar-refractivity contribution in [3.8, 4) is 15.4 Å². The number of hydrogen-bond acceptors (Lipinski definition) is 13. The molecule has 5 aromatic rings. The Kier molecular flexibility index (Phi) is 15.7. The molecule has 4 amide bonds. The molecule has 3 aromatic heterocycles. The lowest BCUT2D eigenvalue weighted by Crippen LogP contribution is -2.59. The number of piperidine rings is 2. The molecule has 4 N–H and O–H groups in total. The van der Waals surface area contributed by atoms with E-state index < -0.39 is 29.6 Å². The molecule has 7 heterocycles. The Bertz CT molecular complexity index is 2860. The number of likely N-dealkylation sites (tertiary alicyclic amines) is 3. The summed E-state index contributed by atoms with van der Waals surface area (Å²) in [6.07, 6.45) is 2.88. The van der Waals surface area contributed by atoms with Gasteiger partial charge in [-0.1, -0.05) is 68.8 Å². The van der Waals surface area contributed by atoms with Crippen molar-refractivity contribution >= 4 is 63.6 Å². The number of benzene rings is 2. The number of aryl methyl sites for hydroxylation is 3. The van der Waals surface area contributed by atoms with Crippen LogP contribution in [-0.4, -0.2) is 138 Å². The minimum atomic E-state index is -0.904. The number of amides is 4. The number of aromatic nitrogens is 4. The van der Waals surface area contributed by atoms with Gasteiger partial charge in [0, 0.05) is 72.3 Å². The van der Waals surface area contributed by atoms with E-state index in [4.69, 9.17) is 16.6 Å². The smallest absolute Gasteiger partial charge is 0.246 e. The Balaban J connectivity index is 0.749. The van der Waals surface area contributed by atoms with Gasteiger partial charge < -0.3 is 30.9 Å². The van der Waals surface area contributed by atoms with Gasteiger partial charge in [0.05, 0.1) is 46.9 Å². The van der Waals surface area contributed by atoms with Gasteiger partial charge in [-0.2, -0.15) is 0 Å². The summed E-state index contributed by atoms with van der Waals surface area (Å²) < 4.78 is 2.07. The van der Waals surface area contributed by atoms with Crippen LogP contribution < -0.4 is 16.0 Å².